The van der Waals surface area contributed by atoms with E-state index in [0.717, 1.165) is 0 Å². The zero-order chi connectivity index (χ0) is 15.7. The maximum atomic E-state index is 12.1. The van der Waals surface area contributed by atoms with Gasteiger partial charge in [-0.3, -0.25) is 14.8 Å². The fraction of sp³-hybridized carbons (Fsp3) is 0.0769. The molecule has 3 rings (SSSR count). The highest BCUT2D eigenvalue weighted by atomic mass is 35.5. The molecule has 0 aliphatic carbocycles. The Labute approximate surface area is 134 Å². The molecule has 0 fully saturated rings. The highest BCUT2D eigenvalue weighted by Crippen LogP contribution is 2.22. The first-order valence-corrected chi connectivity index (χ1v) is 6.88. The molecule has 0 unspecified atom stereocenters. The molecular weight excluding hydrogens is 329 g/mol. The summed E-state index contributed by atoms with van der Waals surface area (Å²) in [4.78, 5) is 12.1. The maximum Gasteiger partial charge on any atom is 0.322 e. The number of aromatic nitrogens is 4. The number of nitrogens with zero attached hydrogens (tertiary/aromatic N) is 4. The monoisotopic (exact) mass is 337 g/mol. The molecule has 1 amide bonds. The van der Waals surface area contributed by atoms with Crippen molar-refractivity contribution in [2.24, 2.45) is 7.05 Å². The lowest BCUT2D eigenvalue weighted by molar-refractivity contribution is 0.102. The normalized spacial score (nSPS) is 10.7. The van der Waals surface area contributed by atoms with E-state index < -0.39 is 5.91 Å². The van der Waals surface area contributed by atoms with Gasteiger partial charge in [0.2, 0.25) is 0 Å². The van der Waals surface area contributed by atoms with E-state index in [0.29, 0.717) is 10.7 Å². The van der Waals surface area contributed by atoms with Gasteiger partial charge in [-0.25, -0.2) is 0 Å². The lowest BCUT2D eigenvalue weighted by atomic mass is 10.2. The van der Waals surface area contributed by atoms with E-state index in [-0.39, 0.29) is 22.5 Å². The molecule has 3 aromatic rings. The highest BCUT2D eigenvalue weighted by molar-refractivity contribution is 6.36. The number of benzene rings is 1. The highest BCUT2D eigenvalue weighted by Gasteiger charge is 2.16. The van der Waals surface area contributed by atoms with Crippen molar-refractivity contribution in [2.45, 2.75) is 0 Å². The van der Waals surface area contributed by atoms with Crippen LogP contribution < -0.4 is 5.32 Å². The Morgan fingerprint density at radius 2 is 2.09 bits per heavy atom. The summed E-state index contributed by atoms with van der Waals surface area (Å²) in [7, 11) is 1.77. The van der Waals surface area contributed by atoms with Gasteiger partial charge in [-0.1, -0.05) is 28.3 Å². The van der Waals surface area contributed by atoms with Crippen LogP contribution in [0.15, 0.2) is 34.9 Å². The number of aryl methyl sites for hydroxylation is 1. The summed E-state index contributed by atoms with van der Waals surface area (Å²) in [5, 5.41) is 14.8. The molecule has 1 aromatic carbocycles. The van der Waals surface area contributed by atoms with Crippen LogP contribution in [0.4, 0.5) is 6.01 Å². The van der Waals surface area contributed by atoms with Gasteiger partial charge in [0, 0.05) is 18.3 Å². The van der Waals surface area contributed by atoms with Crippen molar-refractivity contribution in [1.29, 1.82) is 0 Å². The van der Waals surface area contributed by atoms with E-state index in [9.17, 15) is 4.79 Å². The van der Waals surface area contributed by atoms with E-state index >= 15 is 0 Å². The molecule has 0 saturated carbocycles. The molecule has 0 bridgehead atoms. The zero-order valence-corrected chi connectivity index (χ0v) is 12.8. The minimum atomic E-state index is -0.497. The summed E-state index contributed by atoms with van der Waals surface area (Å²) in [6.45, 7) is 0. The van der Waals surface area contributed by atoms with Gasteiger partial charge in [-0.2, -0.15) is 5.10 Å². The van der Waals surface area contributed by atoms with E-state index in [1.807, 2.05) is 0 Å². The van der Waals surface area contributed by atoms with Gasteiger partial charge in [0.25, 0.3) is 11.8 Å². The minimum absolute atomic E-state index is 0.0540. The van der Waals surface area contributed by atoms with Crippen LogP contribution in [0.3, 0.4) is 0 Å². The zero-order valence-electron chi connectivity index (χ0n) is 11.2. The van der Waals surface area contributed by atoms with Gasteiger partial charge in [0.05, 0.1) is 10.6 Å². The topological polar surface area (TPSA) is 85.8 Å². The number of nitrogens with one attached hydrogen (secondary N) is 1. The van der Waals surface area contributed by atoms with Crippen molar-refractivity contribution < 1.29 is 9.21 Å². The number of hydrogen-bond donors (Lipinski definition) is 1. The maximum absolute atomic E-state index is 12.1. The van der Waals surface area contributed by atoms with Gasteiger partial charge in [-0.15, -0.1) is 5.10 Å². The molecule has 2 aromatic heterocycles. The molecule has 2 heterocycles. The van der Waals surface area contributed by atoms with Gasteiger partial charge in [0.1, 0.15) is 5.69 Å². The molecule has 7 nitrogen and oxygen atoms in total. The first-order valence-electron chi connectivity index (χ1n) is 6.13. The van der Waals surface area contributed by atoms with Crippen LogP contribution in [-0.4, -0.2) is 25.9 Å². The van der Waals surface area contributed by atoms with E-state index in [2.05, 4.69) is 20.6 Å². The summed E-state index contributed by atoms with van der Waals surface area (Å²) in [6.07, 6.45) is 1.74. The Morgan fingerprint density at radius 3 is 2.82 bits per heavy atom. The second-order valence-corrected chi connectivity index (χ2v) is 5.21. The first kappa shape index (κ1) is 14.6. The summed E-state index contributed by atoms with van der Waals surface area (Å²) in [6, 6.07) is 6.24. The fourth-order valence-corrected chi connectivity index (χ4v) is 2.12. The average molecular weight is 338 g/mol. The SMILES string of the molecule is Cn1ccc(-c2nnc(NC(=O)c3cc(Cl)ccc3Cl)o2)n1. The lowest BCUT2D eigenvalue weighted by Crippen LogP contribution is -2.12. The van der Waals surface area contributed by atoms with Crippen molar-refractivity contribution in [3.63, 3.8) is 0 Å². The molecule has 112 valence electrons. The van der Waals surface area contributed by atoms with Gasteiger partial charge < -0.3 is 4.42 Å². The van der Waals surface area contributed by atoms with Crippen LogP contribution in [0.2, 0.25) is 10.0 Å². The molecule has 9 heteroatoms. The summed E-state index contributed by atoms with van der Waals surface area (Å²) in [5.74, 6) is -0.295. The van der Waals surface area contributed by atoms with Crippen molar-refractivity contribution in [1.82, 2.24) is 20.0 Å². The van der Waals surface area contributed by atoms with Crippen molar-refractivity contribution in [3.05, 3.63) is 46.1 Å². The number of amides is 1. The van der Waals surface area contributed by atoms with E-state index in [1.165, 1.54) is 12.1 Å². The van der Waals surface area contributed by atoms with Gasteiger partial charge >= 0.3 is 6.01 Å². The number of halogens is 2. The summed E-state index contributed by atoms with van der Waals surface area (Å²) < 4.78 is 6.94. The van der Waals surface area contributed by atoms with Crippen molar-refractivity contribution >= 4 is 35.1 Å². The molecule has 0 saturated heterocycles. The van der Waals surface area contributed by atoms with Crippen LogP contribution in [0.1, 0.15) is 10.4 Å². The van der Waals surface area contributed by atoms with Gasteiger partial charge in [0.15, 0.2) is 0 Å². The molecule has 22 heavy (non-hydrogen) atoms. The Hall–Kier alpha value is -2.38. The van der Waals surface area contributed by atoms with Crippen LogP contribution >= 0.6 is 23.2 Å². The third-order valence-corrected chi connectivity index (χ3v) is 3.32. The third kappa shape index (κ3) is 2.95. The van der Waals surface area contributed by atoms with Crippen molar-refractivity contribution in [2.75, 3.05) is 5.32 Å². The van der Waals surface area contributed by atoms with E-state index in [4.69, 9.17) is 27.6 Å². The lowest BCUT2D eigenvalue weighted by Gasteiger charge is -2.03. The molecule has 0 aliphatic heterocycles. The second kappa shape index (κ2) is 5.78. The predicted molar refractivity (Wildman–Crippen MR) is 80.9 cm³/mol. The molecule has 0 aliphatic rings. The van der Waals surface area contributed by atoms with E-state index in [1.54, 1.807) is 30.1 Å². The fourth-order valence-electron chi connectivity index (χ4n) is 1.74. The molecular formula is C13H9Cl2N5O2. The summed E-state index contributed by atoms with van der Waals surface area (Å²) in [5.41, 5.74) is 0.725. The predicted octanol–water partition coefficient (Wildman–Crippen LogP) is 3.03. The van der Waals surface area contributed by atoms with Gasteiger partial charge in [-0.05, 0) is 24.3 Å². The second-order valence-electron chi connectivity index (χ2n) is 4.37. The number of carbonyl (C=O) groups is 1. The number of anilines is 1. The molecule has 0 radical (unpaired) electrons. The Bertz CT molecular complexity index is 843. The summed E-state index contributed by atoms with van der Waals surface area (Å²) >= 11 is 11.8. The minimum Gasteiger partial charge on any atom is -0.401 e. The quantitative estimate of drug-likeness (QED) is 0.793. The third-order valence-electron chi connectivity index (χ3n) is 2.75. The Balaban J connectivity index is 1.80. The number of hydrogen-bond acceptors (Lipinski definition) is 5. The van der Waals surface area contributed by atoms with Crippen LogP contribution in [0, 0.1) is 0 Å². The molecule has 0 spiro atoms. The Kier molecular flexibility index (Phi) is 3.82. The van der Waals surface area contributed by atoms with Crippen LogP contribution in [0.5, 0.6) is 0 Å². The van der Waals surface area contributed by atoms with Crippen molar-refractivity contribution in [3.8, 4) is 11.6 Å². The Morgan fingerprint density at radius 1 is 1.27 bits per heavy atom. The van der Waals surface area contributed by atoms with Crippen LogP contribution in [-0.2, 0) is 7.05 Å². The molecule has 0 atom stereocenters. The average Bonchev–Trinajstić information content (AvgIpc) is 3.10. The largest absolute Gasteiger partial charge is 0.401 e. The first-order chi connectivity index (χ1) is 10.5. The van der Waals surface area contributed by atoms with Crippen LogP contribution in [0.25, 0.3) is 11.6 Å². The number of rotatable bonds is 3. The molecule has 1 N–H and O–H groups in total. The number of carbonyl (C=O) groups excluding carboxylic acids is 1. The smallest absolute Gasteiger partial charge is 0.322 e. The standard InChI is InChI=1S/C13H9Cl2N5O2/c1-20-5-4-10(19-20)12-17-18-13(22-12)16-11(21)8-6-7(14)2-3-9(8)15/h2-6H,1H3,(H,16,18,21).